The van der Waals surface area contributed by atoms with E-state index in [0.717, 1.165) is 0 Å². The Morgan fingerprint density at radius 3 is 2.00 bits per heavy atom. The first kappa shape index (κ1) is 32.9. The van der Waals surface area contributed by atoms with Crippen LogP contribution in [0.25, 0.3) is 0 Å². The molecule has 0 spiro atoms. The maximum atomic E-state index is 13.0. The van der Waals surface area contributed by atoms with Crippen molar-refractivity contribution in [3.8, 4) is 0 Å². The number of aliphatic carboxylic acids is 1. The number of thioether (sulfide) groups is 1. The van der Waals surface area contributed by atoms with Crippen LogP contribution in [0.1, 0.15) is 46.0 Å². The minimum Gasteiger partial charge on any atom is -0.480 e. The van der Waals surface area contributed by atoms with Crippen molar-refractivity contribution in [2.24, 2.45) is 33.8 Å². The predicted molar refractivity (Wildman–Crippen MR) is 138 cm³/mol. The first-order valence-corrected chi connectivity index (χ1v) is 12.9. The van der Waals surface area contributed by atoms with Crippen molar-refractivity contribution in [2.45, 2.75) is 70.1 Å². The number of nitrogens with one attached hydrogen (secondary N) is 3. The van der Waals surface area contributed by atoms with E-state index >= 15 is 0 Å². The van der Waals surface area contributed by atoms with Crippen LogP contribution in [0.15, 0.2) is 4.99 Å². The van der Waals surface area contributed by atoms with Gasteiger partial charge in [-0.2, -0.15) is 11.8 Å². The normalized spacial score (nSPS) is 14.1. The molecule has 0 aromatic heterocycles. The van der Waals surface area contributed by atoms with Gasteiger partial charge in [0.1, 0.15) is 18.1 Å². The second-order valence-corrected chi connectivity index (χ2v) is 9.52. The number of carboxylic acid groups (broad SMARTS) is 1. The molecule has 0 aromatic rings. The maximum Gasteiger partial charge on any atom is 0.326 e. The van der Waals surface area contributed by atoms with Crippen molar-refractivity contribution >= 4 is 47.3 Å². The highest BCUT2D eigenvalue weighted by atomic mass is 32.2. The number of carbonyl (C=O) groups excluding carboxylic acids is 4. The molecule has 36 heavy (non-hydrogen) atoms. The van der Waals surface area contributed by atoms with Crippen LogP contribution in [0, 0.1) is 5.92 Å². The predicted octanol–water partition coefficient (Wildman–Crippen LogP) is -2.42. The number of hydrogen-bond acceptors (Lipinski definition) is 8. The molecule has 0 bridgehead atoms. The van der Waals surface area contributed by atoms with Gasteiger partial charge in [0.2, 0.25) is 23.6 Å². The second kappa shape index (κ2) is 17.4. The van der Waals surface area contributed by atoms with Gasteiger partial charge in [-0.15, -0.1) is 0 Å². The van der Waals surface area contributed by atoms with Gasteiger partial charge in [-0.1, -0.05) is 13.8 Å². The lowest BCUT2D eigenvalue weighted by molar-refractivity contribution is -0.142. The molecule has 206 valence electrons. The molecular formula is C21H40N8O6S. The quantitative estimate of drug-likeness (QED) is 0.0526. The molecule has 14 nitrogen and oxygen atoms in total. The summed E-state index contributed by atoms with van der Waals surface area (Å²) in [5.74, 6) is -3.73. The molecule has 4 atom stereocenters. The fraction of sp³-hybridized carbons (Fsp3) is 0.714. The zero-order valence-corrected chi connectivity index (χ0v) is 21.8. The minimum absolute atomic E-state index is 0.0200. The van der Waals surface area contributed by atoms with Crippen molar-refractivity contribution in [2.75, 3.05) is 18.6 Å². The van der Waals surface area contributed by atoms with E-state index in [4.69, 9.17) is 22.9 Å². The Labute approximate surface area is 215 Å². The number of aliphatic imine (C=N–C) groups is 1. The van der Waals surface area contributed by atoms with E-state index in [-0.39, 0.29) is 44.1 Å². The molecule has 4 amide bonds. The summed E-state index contributed by atoms with van der Waals surface area (Å²) in [6, 6.07) is -4.30. The third-order valence-electron chi connectivity index (χ3n) is 5.09. The fourth-order valence-corrected chi connectivity index (χ4v) is 3.49. The van der Waals surface area contributed by atoms with Crippen molar-refractivity contribution in [1.29, 1.82) is 0 Å². The van der Waals surface area contributed by atoms with Crippen molar-refractivity contribution in [3.05, 3.63) is 0 Å². The summed E-state index contributed by atoms with van der Waals surface area (Å²) in [5, 5.41) is 17.1. The van der Waals surface area contributed by atoms with E-state index in [1.54, 1.807) is 13.8 Å². The summed E-state index contributed by atoms with van der Waals surface area (Å²) in [6.07, 6.45) is 2.39. The van der Waals surface area contributed by atoms with E-state index in [9.17, 15) is 29.1 Å². The molecule has 0 saturated carbocycles. The van der Waals surface area contributed by atoms with Crippen LogP contribution in [0.5, 0.6) is 0 Å². The number of rotatable bonds is 18. The molecule has 0 aliphatic rings. The van der Waals surface area contributed by atoms with Crippen molar-refractivity contribution in [1.82, 2.24) is 16.0 Å². The number of amides is 4. The number of nitrogens with two attached hydrogens (primary N) is 4. The van der Waals surface area contributed by atoms with Gasteiger partial charge in [-0.05, 0) is 43.6 Å². The van der Waals surface area contributed by atoms with E-state index in [1.807, 2.05) is 6.26 Å². The first-order chi connectivity index (χ1) is 16.8. The van der Waals surface area contributed by atoms with Gasteiger partial charge in [0.25, 0.3) is 0 Å². The number of nitrogens with zero attached hydrogens (tertiary/aromatic N) is 1. The summed E-state index contributed by atoms with van der Waals surface area (Å²) in [4.78, 5) is 64.6. The van der Waals surface area contributed by atoms with E-state index < -0.39 is 53.8 Å². The summed E-state index contributed by atoms with van der Waals surface area (Å²) in [6.45, 7) is 3.60. The molecule has 0 heterocycles. The number of carboxylic acids is 1. The molecular weight excluding hydrogens is 492 g/mol. The Bertz CT molecular complexity index is 790. The molecule has 12 N–H and O–H groups in total. The second-order valence-electron chi connectivity index (χ2n) is 8.53. The van der Waals surface area contributed by atoms with Gasteiger partial charge in [0.05, 0.1) is 6.04 Å². The molecule has 0 aliphatic carbocycles. The average molecular weight is 533 g/mol. The van der Waals surface area contributed by atoms with Crippen LogP contribution >= 0.6 is 11.8 Å². The first-order valence-electron chi connectivity index (χ1n) is 11.5. The van der Waals surface area contributed by atoms with Gasteiger partial charge < -0.3 is 44.0 Å². The number of guanidine groups is 1. The molecule has 0 aromatic carbocycles. The molecule has 0 radical (unpaired) electrons. The lowest BCUT2D eigenvalue weighted by atomic mass is 10.0. The van der Waals surface area contributed by atoms with Crippen LogP contribution in [0.2, 0.25) is 0 Å². The highest BCUT2D eigenvalue weighted by molar-refractivity contribution is 7.98. The van der Waals surface area contributed by atoms with Gasteiger partial charge in [-0.25, -0.2) is 4.79 Å². The standard InChI is InChI=1S/C21H40N8O6S/c1-11(2)16(29-17(31)12(22)6-7-15(23)30)19(33)27-13(8-10-36-3)18(32)28-14(20(34)35)5-4-9-26-21(24)25/h11-14,16H,4-10,22H2,1-3H3,(H2,23,30)(H,27,33)(H,28,32)(H,29,31)(H,34,35)(H4,24,25,26). The number of primary amides is 1. The van der Waals surface area contributed by atoms with E-state index in [0.29, 0.717) is 12.2 Å². The Morgan fingerprint density at radius 2 is 1.50 bits per heavy atom. The largest absolute Gasteiger partial charge is 0.480 e. The Hall–Kier alpha value is -3.07. The molecule has 0 rings (SSSR count). The highest BCUT2D eigenvalue weighted by Crippen LogP contribution is 2.08. The SMILES string of the molecule is CSCCC(NC(=O)C(NC(=O)C(N)CCC(N)=O)C(C)C)C(=O)NC(CCCN=C(N)N)C(=O)O. The third-order valence-corrected chi connectivity index (χ3v) is 5.73. The molecule has 0 saturated heterocycles. The fourth-order valence-electron chi connectivity index (χ4n) is 3.02. The summed E-state index contributed by atoms with van der Waals surface area (Å²) in [5.41, 5.74) is 21.4. The zero-order chi connectivity index (χ0) is 27.8. The van der Waals surface area contributed by atoms with Gasteiger partial charge in [0.15, 0.2) is 5.96 Å². The molecule has 0 fully saturated rings. The number of carbonyl (C=O) groups is 5. The smallest absolute Gasteiger partial charge is 0.326 e. The topological polar surface area (TPSA) is 258 Å². The Morgan fingerprint density at radius 1 is 0.889 bits per heavy atom. The van der Waals surface area contributed by atoms with Gasteiger partial charge >= 0.3 is 5.97 Å². The average Bonchev–Trinajstić information content (AvgIpc) is 2.79. The van der Waals surface area contributed by atoms with Crippen LogP contribution in [-0.4, -0.2) is 83.4 Å². The summed E-state index contributed by atoms with van der Waals surface area (Å²) in [7, 11) is 0. The number of hydrogen-bond donors (Lipinski definition) is 8. The maximum absolute atomic E-state index is 13.0. The molecule has 4 unspecified atom stereocenters. The molecule has 0 aliphatic heterocycles. The zero-order valence-electron chi connectivity index (χ0n) is 21.0. The van der Waals surface area contributed by atoms with Gasteiger partial charge in [-0.3, -0.25) is 24.2 Å². The lowest BCUT2D eigenvalue weighted by Gasteiger charge is -2.27. The monoisotopic (exact) mass is 532 g/mol. The minimum atomic E-state index is -1.24. The summed E-state index contributed by atoms with van der Waals surface area (Å²) >= 11 is 1.45. The van der Waals surface area contributed by atoms with Gasteiger partial charge in [0, 0.05) is 13.0 Å². The Kier molecular flexibility index (Phi) is 15.9. The van der Waals surface area contributed by atoms with Crippen LogP contribution in [-0.2, 0) is 24.0 Å². The van der Waals surface area contributed by atoms with Crippen LogP contribution in [0.4, 0.5) is 0 Å². The molecule has 15 heteroatoms. The summed E-state index contributed by atoms with van der Waals surface area (Å²) < 4.78 is 0. The van der Waals surface area contributed by atoms with Crippen LogP contribution in [0.3, 0.4) is 0 Å². The third kappa shape index (κ3) is 13.7. The van der Waals surface area contributed by atoms with Crippen molar-refractivity contribution in [3.63, 3.8) is 0 Å². The van der Waals surface area contributed by atoms with E-state index in [1.165, 1.54) is 11.8 Å². The highest BCUT2D eigenvalue weighted by Gasteiger charge is 2.31. The Balaban J connectivity index is 5.34. The van der Waals surface area contributed by atoms with Crippen molar-refractivity contribution < 1.29 is 29.1 Å². The lowest BCUT2D eigenvalue weighted by Crippen LogP contribution is -2.58. The van der Waals surface area contributed by atoms with E-state index in [2.05, 4.69) is 20.9 Å². The van der Waals surface area contributed by atoms with Crippen LogP contribution < -0.4 is 38.9 Å².